The SMILES string of the molecule is CCc1nc(C(C)(C)N)no1. The zero-order valence-corrected chi connectivity index (χ0v) is 7.09. The van der Waals surface area contributed by atoms with Gasteiger partial charge in [-0.2, -0.15) is 4.98 Å². The number of rotatable bonds is 2. The third-order valence-electron chi connectivity index (χ3n) is 1.35. The quantitative estimate of drug-likeness (QED) is 0.686. The van der Waals surface area contributed by atoms with Gasteiger partial charge in [0.2, 0.25) is 5.89 Å². The van der Waals surface area contributed by atoms with E-state index in [0.717, 1.165) is 6.42 Å². The highest BCUT2D eigenvalue weighted by molar-refractivity contribution is 4.98. The Bertz CT molecular complexity index is 236. The molecule has 11 heavy (non-hydrogen) atoms. The largest absolute Gasteiger partial charge is 0.339 e. The van der Waals surface area contributed by atoms with E-state index in [0.29, 0.717) is 11.7 Å². The van der Waals surface area contributed by atoms with Crippen molar-refractivity contribution < 1.29 is 4.52 Å². The second-order valence-corrected chi connectivity index (χ2v) is 3.09. The predicted octanol–water partition coefficient (Wildman–Crippen LogP) is 0.826. The van der Waals surface area contributed by atoms with Gasteiger partial charge in [0.1, 0.15) is 0 Å². The van der Waals surface area contributed by atoms with Crippen molar-refractivity contribution in [1.29, 1.82) is 0 Å². The van der Waals surface area contributed by atoms with Gasteiger partial charge < -0.3 is 10.3 Å². The van der Waals surface area contributed by atoms with Crippen LogP contribution in [0.15, 0.2) is 4.52 Å². The second-order valence-electron chi connectivity index (χ2n) is 3.09. The summed E-state index contributed by atoms with van der Waals surface area (Å²) in [6.07, 6.45) is 0.753. The van der Waals surface area contributed by atoms with Crippen molar-refractivity contribution in [3.8, 4) is 0 Å². The third-order valence-corrected chi connectivity index (χ3v) is 1.35. The van der Waals surface area contributed by atoms with E-state index >= 15 is 0 Å². The van der Waals surface area contributed by atoms with Crippen LogP contribution in [0.2, 0.25) is 0 Å². The minimum absolute atomic E-state index is 0.503. The highest BCUT2D eigenvalue weighted by Crippen LogP contribution is 2.12. The molecular formula is C7H13N3O. The van der Waals surface area contributed by atoms with Gasteiger partial charge in [-0.05, 0) is 13.8 Å². The van der Waals surface area contributed by atoms with Crippen LogP contribution in [0.4, 0.5) is 0 Å². The molecule has 1 aromatic heterocycles. The number of aromatic nitrogens is 2. The first-order valence-electron chi connectivity index (χ1n) is 3.66. The van der Waals surface area contributed by atoms with E-state index in [4.69, 9.17) is 10.3 Å². The van der Waals surface area contributed by atoms with Crippen molar-refractivity contribution in [2.75, 3.05) is 0 Å². The zero-order valence-electron chi connectivity index (χ0n) is 7.09. The molecule has 0 aromatic carbocycles. The Morgan fingerprint density at radius 1 is 1.55 bits per heavy atom. The maximum atomic E-state index is 5.74. The number of nitrogens with two attached hydrogens (primary N) is 1. The molecule has 0 saturated heterocycles. The van der Waals surface area contributed by atoms with Gasteiger partial charge >= 0.3 is 0 Å². The van der Waals surface area contributed by atoms with E-state index in [1.54, 1.807) is 0 Å². The molecule has 0 fully saturated rings. The first kappa shape index (κ1) is 8.20. The number of hydrogen-bond acceptors (Lipinski definition) is 4. The monoisotopic (exact) mass is 155 g/mol. The first-order valence-corrected chi connectivity index (χ1v) is 3.66. The molecule has 0 radical (unpaired) electrons. The summed E-state index contributed by atoms with van der Waals surface area (Å²) in [6, 6.07) is 0. The summed E-state index contributed by atoms with van der Waals surface area (Å²) in [7, 11) is 0. The minimum atomic E-state index is -0.503. The lowest BCUT2D eigenvalue weighted by Crippen LogP contribution is -2.30. The fourth-order valence-electron chi connectivity index (χ4n) is 0.660. The molecule has 0 saturated carbocycles. The Kier molecular flexibility index (Phi) is 1.95. The maximum Gasteiger partial charge on any atom is 0.226 e. The van der Waals surface area contributed by atoms with Crippen molar-refractivity contribution in [2.24, 2.45) is 5.73 Å². The van der Waals surface area contributed by atoms with Crippen LogP contribution in [0.25, 0.3) is 0 Å². The van der Waals surface area contributed by atoms with Crippen LogP contribution in [0.1, 0.15) is 32.5 Å². The van der Waals surface area contributed by atoms with E-state index in [1.165, 1.54) is 0 Å². The van der Waals surface area contributed by atoms with Gasteiger partial charge in [-0.1, -0.05) is 12.1 Å². The summed E-state index contributed by atoms with van der Waals surface area (Å²) in [4.78, 5) is 4.10. The summed E-state index contributed by atoms with van der Waals surface area (Å²) in [5.41, 5.74) is 5.24. The van der Waals surface area contributed by atoms with E-state index < -0.39 is 5.54 Å². The van der Waals surface area contributed by atoms with Gasteiger partial charge in [-0.15, -0.1) is 0 Å². The number of aryl methyl sites for hydroxylation is 1. The van der Waals surface area contributed by atoms with E-state index in [-0.39, 0.29) is 0 Å². The van der Waals surface area contributed by atoms with Gasteiger partial charge in [0.15, 0.2) is 5.82 Å². The van der Waals surface area contributed by atoms with Gasteiger partial charge in [0.25, 0.3) is 0 Å². The van der Waals surface area contributed by atoms with Crippen LogP contribution in [0.3, 0.4) is 0 Å². The van der Waals surface area contributed by atoms with Crippen LogP contribution < -0.4 is 5.73 Å². The van der Waals surface area contributed by atoms with Crippen LogP contribution in [-0.2, 0) is 12.0 Å². The molecule has 1 rings (SSSR count). The van der Waals surface area contributed by atoms with Gasteiger partial charge in [0, 0.05) is 6.42 Å². The van der Waals surface area contributed by atoms with E-state index in [1.807, 2.05) is 20.8 Å². The molecule has 0 spiro atoms. The molecule has 4 heteroatoms. The summed E-state index contributed by atoms with van der Waals surface area (Å²) in [6.45, 7) is 5.65. The molecule has 1 aromatic rings. The molecule has 62 valence electrons. The van der Waals surface area contributed by atoms with Crippen LogP contribution in [0.5, 0.6) is 0 Å². The lowest BCUT2D eigenvalue weighted by Gasteiger charge is -2.11. The Morgan fingerprint density at radius 3 is 2.45 bits per heavy atom. The molecule has 0 amide bonds. The van der Waals surface area contributed by atoms with Gasteiger partial charge in [0.05, 0.1) is 5.54 Å². The van der Waals surface area contributed by atoms with Crippen LogP contribution in [0, 0.1) is 0 Å². The van der Waals surface area contributed by atoms with Crippen molar-refractivity contribution in [3.63, 3.8) is 0 Å². The second kappa shape index (κ2) is 2.62. The van der Waals surface area contributed by atoms with Crippen molar-refractivity contribution in [1.82, 2.24) is 10.1 Å². The molecule has 4 nitrogen and oxygen atoms in total. The maximum absolute atomic E-state index is 5.74. The van der Waals surface area contributed by atoms with Gasteiger partial charge in [-0.3, -0.25) is 0 Å². The molecule has 0 bridgehead atoms. The van der Waals surface area contributed by atoms with E-state index in [9.17, 15) is 0 Å². The lowest BCUT2D eigenvalue weighted by molar-refractivity contribution is 0.363. The van der Waals surface area contributed by atoms with Crippen LogP contribution in [-0.4, -0.2) is 10.1 Å². The third kappa shape index (κ3) is 1.77. The van der Waals surface area contributed by atoms with E-state index in [2.05, 4.69) is 10.1 Å². The zero-order chi connectivity index (χ0) is 8.48. The Labute approximate surface area is 65.8 Å². The van der Waals surface area contributed by atoms with Gasteiger partial charge in [-0.25, -0.2) is 0 Å². The van der Waals surface area contributed by atoms with Crippen molar-refractivity contribution in [3.05, 3.63) is 11.7 Å². The molecule has 0 unspecified atom stereocenters. The molecule has 1 heterocycles. The summed E-state index contributed by atoms with van der Waals surface area (Å²) < 4.78 is 4.90. The normalized spacial score (nSPS) is 12.0. The Morgan fingerprint density at radius 2 is 2.18 bits per heavy atom. The van der Waals surface area contributed by atoms with Crippen molar-refractivity contribution in [2.45, 2.75) is 32.7 Å². The lowest BCUT2D eigenvalue weighted by atomic mass is 10.1. The van der Waals surface area contributed by atoms with Crippen molar-refractivity contribution >= 4 is 0 Å². The summed E-state index contributed by atoms with van der Waals surface area (Å²) in [5, 5.41) is 3.75. The predicted molar refractivity (Wildman–Crippen MR) is 40.9 cm³/mol. The molecular weight excluding hydrogens is 142 g/mol. The Balaban J connectivity index is 2.89. The number of nitrogens with zero attached hydrogens (tertiary/aromatic N) is 2. The molecule has 0 aliphatic rings. The Hall–Kier alpha value is -0.900. The minimum Gasteiger partial charge on any atom is -0.339 e. The highest BCUT2D eigenvalue weighted by atomic mass is 16.5. The standard InChI is InChI=1S/C7H13N3O/c1-4-5-9-6(10-11-5)7(2,3)8/h4,8H2,1-3H3. The topological polar surface area (TPSA) is 64.9 Å². The molecule has 2 N–H and O–H groups in total. The molecule has 0 atom stereocenters. The fourth-order valence-corrected chi connectivity index (χ4v) is 0.660. The fraction of sp³-hybridized carbons (Fsp3) is 0.714. The smallest absolute Gasteiger partial charge is 0.226 e. The average molecular weight is 155 g/mol. The first-order chi connectivity index (χ1) is 5.04. The molecule has 0 aliphatic heterocycles. The summed E-state index contributed by atoms with van der Waals surface area (Å²) in [5.74, 6) is 1.20. The number of hydrogen-bond donors (Lipinski definition) is 1. The van der Waals surface area contributed by atoms with Crippen LogP contribution >= 0.6 is 0 Å². The average Bonchev–Trinajstić information content (AvgIpc) is 2.32. The molecule has 0 aliphatic carbocycles. The highest BCUT2D eigenvalue weighted by Gasteiger charge is 2.20. The summed E-state index contributed by atoms with van der Waals surface area (Å²) >= 11 is 0.